The molecule has 0 spiro atoms. The maximum absolute atomic E-state index is 11.1. The predicted molar refractivity (Wildman–Crippen MR) is 356 cm³/mol. The highest BCUT2D eigenvalue weighted by Gasteiger charge is 2.39. The maximum atomic E-state index is 11.1. The van der Waals surface area contributed by atoms with E-state index in [-0.39, 0.29) is 47.8 Å². The largest absolute Gasteiger partial charge is 0.494 e. The molecule has 0 aromatic rings. The Hall–Kier alpha value is -5.31. The van der Waals surface area contributed by atoms with Gasteiger partial charge in [0, 0.05) is 63.6 Å². The molecule has 470 valence electrons. The van der Waals surface area contributed by atoms with Crippen LogP contribution in [0.25, 0.3) is 0 Å². The Morgan fingerprint density at radius 1 is 0.631 bits per heavy atom. The van der Waals surface area contributed by atoms with Crippen molar-refractivity contribution in [2.45, 2.75) is 208 Å². The summed E-state index contributed by atoms with van der Waals surface area (Å²) in [6.45, 7) is 36.5. The standard InChI is InChI=1S/C21H32O2Si.C16H20O4.C14H28O2Si2.C12H18O4P.C4H10O/c1-19(15-11-17-21(22)23-3)13-9-7-8-10-14-20(2)16-12-18-24(4,5)6;1-3-9-14(17)10-6-4-5-7-11-15(18)12-8-13-16(19)20-2;1-14(2,3)18(7,8)16-13(12-15)10-9-11-17(4,5)6;1-11(8-6-9-12(13)15-2)7-4-3-5-10-16-17-14;1-3-5-4-2/h7-8,10,14,19-20H,11,15-17H2,1-6H3;1,4-6,10,14-15,17-18H,8-9,12-13H2,2H3;12-13H,10H2,1-8H3;3,5,11,17H,6,8-10H2,1-2H3;3-4H2,1-2H3/q;;;+1;/b8-7+,14-10+;5-4+,10-6+;;5-3+;/t19-,20-;14-,15+;;11-;/m01.0./s1. The molecule has 0 bridgehead atoms. The van der Waals surface area contributed by atoms with E-state index in [0.717, 1.165) is 51.6 Å². The van der Waals surface area contributed by atoms with Crippen LogP contribution in [0.5, 0.6) is 0 Å². The van der Waals surface area contributed by atoms with Gasteiger partial charge >= 0.3 is 26.6 Å². The van der Waals surface area contributed by atoms with Crippen LogP contribution in [0.15, 0.2) is 60.8 Å². The van der Waals surface area contributed by atoms with E-state index in [1.54, 1.807) is 36.5 Å². The van der Waals surface area contributed by atoms with Crippen LogP contribution in [0.3, 0.4) is 0 Å². The molecule has 13 nitrogen and oxygen atoms in total. The van der Waals surface area contributed by atoms with Gasteiger partial charge in [-0.25, -0.2) is 0 Å². The average Bonchev–Trinajstić information content (AvgIpc) is 3.63. The number of ether oxygens (including phenoxy) is 4. The summed E-state index contributed by atoms with van der Waals surface area (Å²) in [6, 6.07) is 0. The third-order valence-electron chi connectivity index (χ3n) is 11.1. The van der Waals surface area contributed by atoms with E-state index < -0.39 is 45.4 Å². The lowest BCUT2D eigenvalue weighted by molar-refractivity contribution is -0.141. The van der Waals surface area contributed by atoms with Gasteiger partial charge in [0.2, 0.25) is 0 Å². The molecule has 0 saturated carbocycles. The van der Waals surface area contributed by atoms with Crippen LogP contribution in [-0.4, -0.2) is 118 Å². The monoisotopic (exact) mass is 1240 g/mol. The Balaban J connectivity index is -0.000000323. The topological polar surface area (TPSA) is 181 Å². The predicted octanol–water partition coefficient (Wildman–Crippen LogP) is 13.5. The SMILES string of the molecule is C#CC[C@@H](O)/C=C/C=C/C#C[C@H](O)CCCC(=O)OC.CC(C)(C)[Si](C)(C)OC(C=O)CC#C[Si](C)(C)C.CCOCC.COC(=O)CCC[C@@H](C)C#C/C=C/C=C/[C@H](C)CC#C[Si](C)(C)C.COC(=O)CCC[C@@H](C)C#C/C=C/CO[PH+]=O. The molecule has 0 aromatic heterocycles. The van der Waals surface area contributed by atoms with Crippen molar-refractivity contribution < 1.29 is 61.9 Å². The first-order valence-corrected chi connectivity index (χ1v) is 39.6. The third kappa shape index (κ3) is 69.2. The van der Waals surface area contributed by atoms with E-state index in [4.69, 9.17) is 15.6 Å². The smallest absolute Gasteiger partial charge is 0.469 e. The molecule has 0 rings (SSSR count). The lowest BCUT2D eigenvalue weighted by atomic mass is 10.0. The fraction of sp³-hybridized carbons (Fsp3) is 0.612. The minimum absolute atomic E-state index is 0.125. The minimum atomic E-state index is -1.87. The Morgan fingerprint density at radius 3 is 1.48 bits per heavy atom. The Kier molecular flexibility index (Phi) is 59.1. The molecule has 0 fully saturated rings. The number of aliphatic hydroxyl groups excluding tert-OH is 2. The molecule has 0 aliphatic heterocycles. The maximum Gasteiger partial charge on any atom is 0.494 e. The molecule has 0 radical (unpaired) electrons. The van der Waals surface area contributed by atoms with Crippen molar-refractivity contribution in [1.29, 1.82) is 0 Å². The molecule has 0 amide bonds. The molecule has 0 aromatic carbocycles. The minimum Gasteiger partial charge on any atom is -0.469 e. The molecule has 2 N–H and O–H groups in total. The molecule has 0 heterocycles. The number of hydrogen-bond donors (Lipinski definition) is 2. The number of carbonyl (C=O) groups excluding carboxylic acids is 4. The molecule has 2 unspecified atom stereocenters. The van der Waals surface area contributed by atoms with E-state index in [1.807, 2.05) is 39.0 Å². The first-order valence-electron chi connectivity index (χ1n) is 28.9. The van der Waals surface area contributed by atoms with Gasteiger partial charge in [0.25, 0.3) is 0 Å². The highest BCUT2D eigenvalue weighted by atomic mass is 31.1. The van der Waals surface area contributed by atoms with Gasteiger partial charge in [0.15, 0.2) is 8.32 Å². The van der Waals surface area contributed by atoms with E-state index in [2.05, 4.69) is 176 Å². The summed E-state index contributed by atoms with van der Waals surface area (Å²) in [6.07, 6.45) is 29.2. The molecule has 84 heavy (non-hydrogen) atoms. The molecule has 0 aliphatic rings. The van der Waals surface area contributed by atoms with Gasteiger partial charge in [0.1, 0.15) is 41.2 Å². The van der Waals surface area contributed by atoms with Crippen molar-refractivity contribution in [1.82, 2.24) is 0 Å². The van der Waals surface area contributed by atoms with Crippen molar-refractivity contribution in [3.8, 4) is 70.8 Å². The lowest BCUT2D eigenvalue weighted by Crippen LogP contribution is -2.44. The zero-order chi connectivity index (χ0) is 65.3. The first kappa shape index (κ1) is 87.5. The molecular formula is C67H108O13PSi3+. The van der Waals surface area contributed by atoms with Crippen LogP contribution in [0.1, 0.15) is 132 Å². The van der Waals surface area contributed by atoms with Crippen LogP contribution in [0.2, 0.25) is 57.4 Å². The van der Waals surface area contributed by atoms with Crippen LogP contribution in [-0.2, 0) is 51.6 Å². The average molecular weight is 1240 g/mol. The second-order valence-corrected chi connectivity index (χ2v) is 37.4. The van der Waals surface area contributed by atoms with Crippen LogP contribution in [0.4, 0.5) is 0 Å². The van der Waals surface area contributed by atoms with Gasteiger partial charge in [0.05, 0.1) is 27.4 Å². The molecule has 7 atom stereocenters. The zero-order valence-electron chi connectivity index (χ0n) is 54.9. The van der Waals surface area contributed by atoms with E-state index in [1.165, 1.54) is 21.3 Å². The first-order chi connectivity index (χ1) is 39.3. The van der Waals surface area contributed by atoms with E-state index in [0.29, 0.717) is 50.5 Å². The van der Waals surface area contributed by atoms with Gasteiger partial charge in [-0.2, -0.15) is 0 Å². The van der Waals surface area contributed by atoms with E-state index >= 15 is 0 Å². The fourth-order valence-corrected chi connectivity index (χ4v) is 8.14. The summed E-state index contributed by atoms with van der Waals surface area (Å²) in [5.41, 5.74) is 6.67. The van der Waals surface area contributed by atoms with Gasteiger partial charge < -0.3 is 38.4 Å². The number of methoxy groups -OCH3 is 3. The second kappa shape index (κ2) is 56.8. The molecule has 0 saturated heterocycles. The van der Waals surface area contributed by atoms with Crippen molar-refractivity contribution in [2.75, 3.05) is 41.2 Å². The molecule has 17 heteroatoms. The number of terminal acetylenes is 1. The highest BCUT2D eigenvalue weighted by Crippen LogP contribution is 2.37. The summed E-state index contributed by atoms with van der Waals surface area (Å²) in [5, 5.41) is 18.9. The number of carbonyl (C=O) groups is 4. The fourth-order valence-electron chi connectivity index (χ4n) is 5.46. The quantitative estimate of drug-likeness (QED) is 0.0116. The summed E-state index contributed by atoms with van der Waals surface area (Å²) >= 11 is 0. The second-order valence-electron chi connectivity index (χ2n) is 22.7. The lowest BCUT2D eigenvalue weighted by Gasteiger charge is -2.37. The Morgan fingerprint density at radius 2 is 1.07 bits per heavy atom. The van der Waals surface area contributed by atoms with Crippen LogP contribution in [0, 0.1) is 88.5 Å². The number of allylic oxidation sites excluding steroid dienone is 8. The summed E-state index contributed by atoms with van der Waals surface area (Å²) in [4.78, 5) is 43.8. The van der Waals surface area contributed by atoms with Gasteiger partial charge in [-0.05, 0) is 105 Å². The van der Waals surface area contributed by atoms with Crippen molar-refractivity contribution in [2.24, 2.45) is 17.8 Å². The summed E-state index contributed by atoms with van der Waals surface area (Å²) in [5.74, 6) is 26.6. The van der Waals surface area contributed by atoms with Gasteiger partial charge in [-0.1, -0.05) is 153 Å². The number of aliphatic hydroxyl groups is 2. The van der Waals surface area contributed by atoms with Crippen LogP contribution >= 0.6 is 8.69 Å². The van der Waals surface area contributed by atoms with Crippen LogP contribution < -0.4 is 0 Å². The van der Waals surface area contributed by atoms with E-state index in [9.17, 15) is 34.0 Å². The van der Waals surface area contributed by atoms with Crippen molar-refractivity contribution >= 4 is 57.3 Å². The zero-order valence-corrected chi connectivity index (χ0v) is 58.9. The summed E-state index contributed by atoms with van der Waals surface area (Å²) in [7, 11) is -1.06. The number of rotatable bonds is 27. The van der Waals surface area contributed by atoms with Gasteiger partial charge in [-0.3, -0.25) is 14.4 Å². The number of esters is 3. The molecular weight excluding hydrogens is 1130 g/mol. The third-order valence-corrected chi connectivity index (χ3v) is 17.7. The molecule has 0 aliphatic carbocycles. The van der Waals surface area contributed by atoms with Crippen molar-refractivity contribution in [3.63, 3.8) is 0 Å². The Labute approximate surface area is 515 Å². The summed E-state index contributed by atoms with van der Waals surface area (Å²) < 4.78 is 39.1. The Bertz CT molecular complexity index is 2320. The van der Waals surface area contributed by atoms with Gasteiger partial charge in [-0.15, -0.1) is 39.8 Å². The number of aldehydes is 1. The van der Waals surface area contributed by atoms with Crippen molar-refractivity contribution in [3.05, 3.63) is 60.8 Å². The normalized spacial score (nSPS) is 13.2. The number of hydrogen-bond acceptors (Lipinski definition) is 13. The highest BCUT2D eigenvalue weighted by molar-refractivity contribution is 7.17.